The molecule has 1 aliphatic rings. The third-order valence-corrected chi connectivity index (χ3v) is 3.64. The van der Waals surface area contributed by atoms with Crippen molar-refractivity contribution in [3.63, 3.8) is 0 Å². The van der Waals surface area contributed by atoms with E-state index in [-0.39, 0.29) is 11.9 Å². The van der Waals surface area contributed by atoms with Gasteiger partial charge in [-0.2, -0.15) is 0 Å². The molecule has 98 valence electrons. The van der Waals surface area contributed by atoms with Crippen LogP contribution in [0, 0.1) is 5.82 Å². The van der Waals surface area contributed by atoms with Gasteiger partial charge in [-0.3, -0.25) is 0 Å². The highest BCUT2D eigenvalue weighted by atomic mass is 35.5. The maximum atomic E-state index is 13.2. The van der Waals surface area contributed by atoms with Gasteiger partial charge >= 0.3 is 0 Å². The molecule has 1 aliphatic heterocycles. The Labute approximate surface area is 115 Å². The van der Waals surface area contributed by atoms with Crippen LogP contribution in [-0.2, 0) is 0 Å². The fourth-order valence-electron chi connectivity index (χ4n) is 2.34. The molecule has 0 saturated heterocycles. The molecule has 2 nitrogen and oxygen atoms in total. The molecular weight excluding hydrogens is 267 g/mol. The minimum Gasteiger partial charge on any atom is -0.485 e. The largest absolute Gasteiger partial charge is 0.485 e. The average Bonchev–Trinajstić information content (AvgIpc) is 2.38. The smallest absolute Gasteiger partial charge is 0.128 e. The Bertz CT molecular complexity index is 615. The molecule has 19 heavy (non-hydrogen) atoms. The van der Waals surface area contributed by atoms with Crippen molar-refractivity contribution in [3.8, 4) is 5.75 Å². The normalized spacial score (nSPS) is 21.6. The maximum absolute atomic E-state index is 13.2. The Morgan fingerprint density at radius 1 is 1.16 bits per heavy atom. The zero-order valence-electron chi connectivity index (χ0n) is 10.0. The van der Waals surface area contributed by atoms with Crippen molar-refractivity contribution in [3.05, 3.63) is 64.4 Å². The quantitative estimate of drug-likeness (QED) is 0.853. The number of halogens is 2. The Kier molecular flexibility index (Phi) is 3.17. The number of fused-ring (bicyclic) bond motifs is 1. The van der Waals surface area contributed by atoms with Gasteiger partial charge in [0.15, 0.2) is 0 Å². The zero-order valence-corrected chi connectivity index (χ0v) is 10.8. The van der Waals surface area contributed by atoms with Gasteiger partial charge < -0.3 is 9.84 Å². The summed E-state index contributed by atoms with van der Waals surface area (Å²) in [6.45, 7) is 0. The number of aliphatic hydroxyl groups excluding tert-OH is 1. The molecular formula is C15H12ClFO2. The molecule has 0 amide bonds. The number of benzene rings is 2. The van der Waals surface area contributed by atoms with Crippen LogP contribution >= 0.6 is 11.6 Å². The van der Waals surface area contributed by atoms with E-state index in [9.17, 15) is 9.50 Å². The molecule has 0 aliphatic carbocycles. The molecule has 2 aromatic rings. The summed E-state index contributed by atoms with van der Waals surface area (Å²) in [6, 6.07) is 11.5. The summed E-state index contributed by atoms with van der Waals surface area (Å²) in [5.41, 5.74) is 1.42. The molecule has 2 aromatic carbocycles. The third-order valence-electron chi connectivity index (χ3n) is 3.29. The SMILES string of the molecule is O[C@H]1CC(c2ccccc2Cl)Oc2cc(F)ccc21. The molecule has 1 unspecified atom stereocenters. The highest BCUT2D eigenvalue weighted by Crippen LogP contribution is 2.42. The van der Waals surface area contributed by atoms with Crippen LogP contribution in [0.25, 0.3) is 0 Å². The molecule has 0 aromatic heterocycles. The van der Waals surface area contributed by atoms with E-state index >= 15 is 0 Å². The van der Waals surface area contributed by atoms with Crippen LogP contribution in [0.2, 0.25) is 5.02 Å². The van der Waals surface area contributed by atoms with Gasteiger partial charge in [-0.25, -0.2) is 4.39 Å². The summed E-state index contributed by atoms with van der Waals surface area (Å²) in [6.07, 6.45) is -0.633. The first-order chi connectivity index (χ1) is 9.15. The summed E-state index contributed by atoms with van der Waals surface area (Å²) >= 11 is 6.13. The topological polar surface area (TPSA) is 29.5 Å². The van der Waals surface area contributed by atoms with Gasteiger partial charge in [0, 0.05) is 28.6 Å². The Morgan fingerprint density at radius 2 is 1.95 bits per heavy atom. The van der Waals surface area contributed by atoms with E-state index < -0.39 is 6.10 Å². The minimum atomic E-state index is -0.675. The second kappa shape index (κ2) is 4.83. The predicted octanol–water partition coefficient (Wildman–Crippen LogP) is 4.04. The first-order valence-electron chi connectivity index (χ1n) is 6.04. The molecule has 0 fully saturated rings. The Balaban J connectivity index is 1.99. The fourth-order valence-corrected chi connectivity index (χ4v) is 2.60. The number of ether oxygens (including phenoxy) is 1. The van der Waals surface area contributed by atoms with Gasteiger partial charge in [-0.15, -0.1) is 0 Å². The van der Waals surface area contributed by atoms with Crippen molar-refractivity contribution in [2.24, 2.45) is 0 Å². The summed E-state index contributed by atoms with van der Waals surface area (Å²) in [7, 11) is 0. The van der Waals surface area contributed by atoms with Gasteiger partial charge in [0.25, 0.3) is 0 Å². The Hall–Kier alpha value is -1.58. The lowest BCUT2D eigenvalue weighted by atomic mass is 9.95. The van der Waals surface area contributed by atoms with Crippen molar-refractivity contribution in [1.29, 1.82) is 0 Å². The van der Waals surface area contributed by atoms with Gasteiger partial charge in [-0.05, 0) is 18.2 Å². The average molecular weight is 279 g/mol. The molecule has 1 heterocycles. The summed E-state index contributed by atoms with van der Waals surface area (Å²) in [5.74, 6) is -0.00516. The van der Waals surface area contributed by atoms with E-state index in [1.165, 1.54) is 12.1 Å². The first kappa shape index (κ1) is 12.5. The summed E-state index contributed by atoms with van der Waals surface area (Å²) in [5, 5.41) is 10.7. The second-order valence-corrected chi connectivity index (χ2v) is 4.97. The molecule has 4 heteroatoms. The van der Waals surface area contributed by atoms with Crippen LogP contribution in [0.4, 0.5) is 4.39 Å². The Morgan fingerprint density at radius 3 is 2.74 bits per heavy atom. The van der Waals surface area contributed by atoms with Crippen molar-refractivity contribution in [1.82, 2.24) is 0 Å². The number of hydrogen-bond acceptors (Lipinski definition) is 2. The van der Waals surface area contributed by atoms with Crippen LogP contribution in [0.15, 0.2) is 42.5 Å². The van der Waals surface area contributed by atoms with Crippen LogP contribution in [-0.4, -0.2) is 5.11 Å². The van der Waals surface area contributed by atoms with E-state index in [0.29, 0.717) is 22.8 Å². The lowest BCUT2D eigenvalue weighted by Crippen LogP contribution is -2.19. The third kappa shape index (κ3) is 2.31. The molecule has 3 rings (SSSR count). The molecule has 0 radical (unpaired) electrons. The molecule has 1 N–H and O–H groups in total. The maximum Gasteiger partial charge on any atom is 0.128 e. The number of aliphatic hydroxyl groups is 1. The van der Waals surface area contributed by atoms with E-state index in [1.54, 1.807) is 12.1 Å². The van der Waals surface area contributed by atoms with E-state index in [4.69, 9.17) is 16.3 Å². The van der Waals surface area contributed by atoms with E-state index in [1.807, 2.05) is 18.2 Å². The van der Waals surface area contributed by atoms with E-state index in [0.717, 1.165) is 5.56 Å². The van der Waals surface area contributed by atoms with Crippen LogP contribution in [0.5, 0.6) is 5.75 Å². The van der Waals surface area contributed by atoms with Gasteiger partial charge in [-0.1, -0.05) is 29.8 Å². The van der Waals surface area contributed by atoms with Crippen molar-refractivity contribution in [2.75, 3.05) is 0 Å². The van der Waals surface area contributed by atoms with Crippen LogP contribution in [0.1, 0.15) is 29.8 Å². The highest BCUT2D eigenvalue weighted by molar-refractivity contribution is 6.31. The molecule has 0 spiro atoms. The molecule has 0 saturated carbocycles. The highest BCUT2D eigenvalue weighted by Gasteiger charge is 2.29. The summed E-state index contributed by atoms with van der Waals surface area (Å²) in [4.78, 5) is 0. The van der Waals surface area contributed by atoms with Crippen molar-refractivity contribution >= 4 is 11.6 Å². The minimum absolute atomic E-state index is 0.363. The molecule has 2 atom stereocenters. The lowest BCUT2D eigenvalue weighted by Gasteiger charge is -2.30. The lowest BCUT2D eigenvalue weighted by molar-refractivity contribution is 0.0654. The van der Waals surface area contributed by atoms with Crippen molar-refractivity contribution < 1.29 is 14.2 Å². The van der Waals surface area contributed by atoms with Crippen LogP contribution in [0.3, 0.4) is 0 Å². The van der Waals surface area contributed by atoms with Crippen LogP contribution < -0.4 is 4.74 Å². The summed E-state index contributed by atoms with van der Waals surface area (Å²) < 4.78 is 19.0. The van der Waals surface area contributed by atoms with Crippen molar-refractivity contribution in [2.45, 2.75) is 18.6 Å². The predicted molar refractivity (Wildman–Crippen MR) is 70.8 cm³/mol. The van der Waals surface area contributed by atoms with Gasteiger partial charge in [0.05, 0.1) is 6.10 Å². The standard InChI is InChI=1S/C15H12ClFO2/c16-12-4-2-1-3-10(12)15-8-13(18)11-6-5-9(17)7-14(11)19-15/h1-7,13,15,18H,8H2/t13-,15?/m0/s1. The monoisotopic (exact) mass is 278 g/mol. The van der Waals surface area contributed by atoms with E-state index in [2.05, 4.69) is 0 Å². The number of rotatable bonds is 1. The fraction of sp³-hybridized carbons (Fsp3) is 0.200. The zero-order chi connectivity index (χ0) is 13.4. The second-order valence-electron chi connectivity index (χ2n) is 4.56. The van der Waals surface area contributed by atoms with Gasteiger partial charge in [0.1, 0.15) is 17.7 Å². The first-order valence-corrected chi connectivity index (χ1v) is 6.41. The number of hydrogen-bond donors (Lipinski definition) is 1. The molecule has 0 bridgehead atoms. The van der Waals surface area contributed by atoms with Gasteiger partial charge in [0.2, 0.25) is 0 Å².